The molecule has 0 radical (unpaired) electrons. The summed E-state index contributed by atoms with van der Waals surface area (Å²) < 4.78 is 1.46. The van der Waals surface area contributed by atoms with Gasteiger partial charge in [-0.1, -0.05) is 13.8 Å². The van der Waals surface area contributed by atoms with Crippen molar-refractivity contribution in [2.24, 2.45) is 0 Å². The van der Waals surface area contributed by atoms with Gasteiger partial charge in [0.1, 0.15) is 0 Å². The maximum absolute atomic E-state index is 3.12. The molecule has 0 amide bonds. The zero-order valence-electron chi connectivity index (χ0n) is 13.9. The number of rotatable bonds is 1. The third-order valence-electron chi connectivity index (χ3n) is 2.94. The normalized spacial score (nSPS) is 13.3. The van der Waals surface area contributed by atoms with E-state index >= 15 is 0 Å². The monoisotopic (exact) mass is 424 g/mol. The summed E-state index contributed by atoms with van der Waals surface area (Å²) in [7, 11) is 0. The van der Waals surface area contributed by atoms with Crippen LogP contribution in [0.5, 0.6) is 0 Å². The van der Waals surface area contributed by atoms with Crippen LogP contribution in [-0.2, 0) is 24.2 Å². The molecule has 0 aliphatic heterocycles. The van der Waals surface area contributed by atoms with E-state index in [9.17, 15) is 0 Å². The van der Waals surface area contributed by atoms with E-state index in [2.05, 4.69) is 81.5 Å². The molecule has 0 unspecified atom stereocenters. The van der Waals surface area contributed by atoms with Gasteiger partial charge < -0.3 is 0 Å². The van der Waals surface area contributed by atoms with Crippen molar-refractivity contribution < 1.29 is 24.2 Å². The molecule has 1 aromatic carbocycles. The molecule has 2 aliphatic carbocycles. The average Bonchev–Trinajstić information content (AvgIpc) is 3.15. The predicted molar refractivity (Wildman–Crippen MR) is 103 cm³/mol. The van der Waals surface area contributed by atoms with E-state index in [0.29, 0.717) is 0 Å². The average molecular weight is 427 g/mol. The summed E-state index contributed by atoms with van der Waals surface area (Å²) in [4.78, 5) is 0. The molecule has 122 valence electrons. The van der Waals surface area contributed by atoms with Gasteiger partial charge in [-0.05, 0) is 0 Å². The molecule has 0 N–H and O–H groups in total. The molecular weight excluding hydrogens is 402 g/mol. The van der Waals surface area contributed by atoms with Crippen molar-refractivity contribution in [1.29, 1.82) is 0 Å². The molecule has 0 saturated carbocycles. The van der Waals surface area contributed by atoms with E-state index in [4.69, 9.17) is 0 Å². The summed E-state index contributed by atoms with van der Waals surface area (Å²) in [5.41, 5.74) is 3.92. The zero-order valence-corrected chi connectivity index (χ0v) is 18.0. The van der Waals surface area contributed by atoms with Crippen molar-refractivity contribution in [1.82, 2.24) is 0 Å². The van der Waals surface area contributed by atoms with E-state index in [-0.39, 0.29) is 24.8 Å². The van der Waals surface area contributed by atoms with Gasteiger partial charge in [0.05, 0.1) is 0 Å². The van der Waals surface area contributed by atoms with E-state index in [1.807, 2.05) is 6.07 Å². The molecule has 0 bridgehead atoms. The second-order valence-electron chi connectivity index (χ2n) is 4.92. The Morgan fingerprint density at radius 3 is 1.48 bits per heavy atom. The standard InChI is InChI=1S/C8H8.2C6H7.2ClH.Zr/c1-2-8-6-4-3-5-7-8;2*1-6-4-2-3-5-6;;;/h3-7H,1H3;2*2,4H,3H2,1H3;2*1H;/q;2*-1;;;+2. The third-order valence-corrected chi connectivity index (χ3v) is 3.65. The minimum absolute atomic E-state index is 0. The summed E-state index contributed by atoms with van der Waals surface area (Å²) in [6.45, 7) is 6.28. The van der Waals surface area contributed by atoms with Gasteiger partial charge in [-0.15, -0.1) is 37.7 Å². The van der Waals surface area contributed by atoms with Gasteiger partial charge in [0.25, 0.3) is 0 Å². The smallest absolute Gasteiger partial charge is 0.147 e. The molecule has 23 heavy (non-hydrogen) atoms. The van der Waals surface area contributed by atoms with Gasteiger partial charge >= 0.3 is 70.3 Å². The number of allylic oxidation sites excluding steroid dienone is 8. The van der Waals surface area contributed by atoms with Crippen LogP contribution in [0.1, 0.15) is 39.2 Å². The fourth-order valence-corrected chi connectivity index (χ4v) is 2.13. The summed E-state index contributed by atoms with van der Waals surface area (Å²) in [6, 6.07) is 10.5. The minimum Gasteiger partial charge on any atom is -0.147 e. The zero-order chi connectivity index (χ0) is 15.5. The first-order valence-electron chi connectivity index (χ1n) is 7.18. The molecule has 3 rings (SSSR count). The first-order chi connectivity index (χ1) is 10.1. The van der Waals surface area contributed by atoms with E-state index in [1.165, 1.54) is 44.2 Å². The van der Waals surface area contributed by atoms with Crippen LogP contribution in [0.2, 0.25) is 0 Å². The van der Waals surface area contributed by atoms with E-state index in [1.54, 1.807) is 0 Å². The van der Waals surface area contributed by atoms with Crippen LogP contribution in [0.4, 0.5) is 0 Å². The first kappa shape index (κ1) is 24.8. The number of hydrogen-bond acceptors (Lipinski definition) is 0. The Balaban J connectivity index is 0. The van der Waals surface area contributed by atoms with Crippen molar-refractivity contribution in [2.75, 3.05) is 0 Å². The van der Waals surface area contributed by atoms with E-state index in [0.717, 1.165) is 12.8 Å². The molecule has 0 nitrogen and oxygen atoms in total. The Kier molecular flexibility index (Phi) is 16.2. The Bertz CT molecular complexity index is 533. The Morgan fingerprint density at radius 1 is 0.870 bits per heavy atom. The van der Waals surface area contributed by atoms with Crippen LogP contribution < -0.4 is 0 Å². The van der Waals surface area contributed by atoms with Crippen molar-refractivity contribution in [3.63, 3.8) is 0 Å². The largest absolute Gasteiger partial charge is 0.147 e. The number of benzene rings is 1. The molecule has 0 atom stereocenters. The Labute approximate surface area is 168 Å². The molecule has 0 fully saturated rings. The van der Waals surface area contributed by atoms with Gasteiger partial charge in [0.15, 0.2) is 0 Å². The van der Waals surface area contributed by atoms with E-state index < -0.39 is 0 Å². The number of hydrogen-bond donors (Lipinski definition) is 0. The molecule has 1 aromatic rings. The van der Waals surface area contributed by atoms with Crippen molar-refractivity contribution in [3.8, 4) is 0 Å². The van der Waals surface area contributed by atoms with Gasteiger partial charge in [0, 0.05) is 0 Å². The third kappa shape index (κ3) is 12.6. The quantitative estimate of drug-likeness (QED) is 0.483. The Morgan fingerprint density at radius 2 is 1.30 bits per heavy atom. The molecule has 3 heteroatoms. The summed E-state index contributed by atoms with van der Waals surface area (Å²) in [5, 5.41) is 0. The minimum atomic E-state index is 0. The van der Waals surface area contributed by atoms with Crippen LogP contribution in [0.3, 0.4) is 0 Å². The van der Waals surface area contributed by atoms with Crippen LogP contribution in [0.25, 0.3) is 0 Å². The second kappa shape index (κ2) is 15.1. The molecule has 0 spiro atoms. The molecule has 0 saturated heterocycles. The van der Waals surface area contributed by atoms with Crippen LogP contribution in [0.15, 0.2) is 65.8 Å². The topological polar surface area (TPSA) is 0 Å². The SMILES string of the molecule is CC1=[C-]CC=C1.CC1=[C-]CC=C1.C[C](=[Zr+2])c1ccccc1.Cl.Cl. The van der Waals surface area contributed by atoms with Crippen molar-refractivity contribution >= 4 is 28.0 Å². The van der Waals surface area contributed by atoms with Gasteiger partial charge in [-0.25, -0.2) is 23.3 Å². The fourth-order valence-electron chi connectivity index (χ4n) is 1.72. The fraction of sp³-hybridized carbons (Fsp3) is 0.250. The molecule has 2 aliphatic rings. The second-order valence-corrected chi connectivity index (χ2v) is 6.77. The number of halogens is 2. The summed E-state index contributed by atoms with van der Waals surface area (Å²) in [6.07, 6.45) is 16.7. The van der Waals surface area contributed by atoms with Crippen molar-refractivity contribution in [2.45, 2.75) is 33.6 Å². The predicted octanol–water partition coefficient (Wildman–Crippen LogP) is 6.01. The Hall–Kier alpha value is -0.487. The van der Waals surface area contributed by atoms with Gasteiger partial charge in [0.2, 0.25) is 0 Å². The maximum atomic E-state index is 3.12. The van der Waals surface area contributed by atoms with Crippen LogP contribution >= 0.6 is 24.8 Å². The van der Waals surface area contributed by atoms with Crippen molar-refractivity contribution in [3.05, 3.63) is 83.5 Å². The first-order valence-corrected chi connectivity index (χ1v) is 8.41. The molecular formula is C20H24Cl2Zr. The summed E-state index contributed by atoms with van der Waals surface area (Å²) >= 11 is 1.51. The van der Waals surface area contributed by atoms with Gasteiger partial charge in [-0.3, -0.25) is 12.2 Å². The maximum Gasteiger partial charge on any atom is -0.147 e. The summed E-state index contributed by atoms with van der Waals surface area (Å²) in [5.74, 6) is 0. The van der Waals surface area contributed by atoms with Crippen LogP contribution in [-0.4, -0.2) is 3.21 Å². The molecule has 0 heterocycles. The molecule has 0 aromatic heterocycles. The van der Waals surface area contributed by atoms with Crippen LogP contribution in [0, 0.1) is 12.2 Å². The van der Waals surface area contributed by atoms with Gasteiger partial charge in [-0.2, -0.15) is 12.2 Å².